The van der Waals surface area contributed by atoms with Crippen molar-refractivity contribution in [2.45, 2.75) is 49.9 Å². The van der Waals surface area contributed by atoms with E-state index >= 15 is 0 Å². The Kier molecular flexibility index (Phi) is 6.72. The summed E-state index contributed by atoms with van der Waals surface area (Å²) in [6, 6.07) is 6.82. The second kappa shape index (κ2) is 9.97. The Balaban J connectivity index is 1.42. The third-order valence-electron chi connectivity index (χ3n) is 6.94. The number of amides is 1. The molecule has 2 unspecified atom stereocenters. The van der Waals surface area contributed by atoms with Crippen LogP contribution in [-0.4, -0.2) is 50.6 Å². The van der Waals surface area contributed by atoms with Gasteiger partial charge in [0.05, 0.1) is 17.3 Å². The average molecular weight is 526 g/mol. The molecule has 0 bridgehead atoms. The molecule has 0 radical (unpaired) electrons. The topological polar surface area (TPSA) is 149 Å². The summed E-state index contributed by atoms with van der Waals surface area (Å²) in [6.07, 6.45) is 2.86. The van der Waals surface area contributed by atoms with E-state index in [4.69, 9.17) is 4.42 Å². The van der Waals surface area contributed by atoms with Gasteiger partial charge in [-0.25, -0.2) is 4.79 Å². The molecular weight excluding hydrogens is 498 g/mol. The SMILES string of the molecule is Cc1ccc(C(Nc2c(Nc3cccc(C(=O)N4CCCC4C(=O)O)c3O)c(=O)c2=O)[C@@H]2CCCS2)o1. The third-order valence-corrected chi connectivity index (χ3v) is 8.40. The summed E-state index contributed by atoms with van der Waals surface area (Å²) in [7, 11) is 0. The van der Waals surface area contributed by atoms with E-state index in [2.05, 4.69) is 10.6 Å². The lowest BCUT2D eigenvalue weighted by molar-refractivity contribution is -0.141. The van der Waals surface area contributed by atoms with Gasteiger partial charge >= 0.3 is 5.97 Å². The molecule has 2 fully saturated rings. The van der Waals surface area contributed by atoms with Gasteiger partial charge in [-0.3, -0.25) is 14.4 Å². The van der Waals surface area contributed by atoms with Crippen molar-refractivity contribution in [3.05, 3.63) is 67.9 Å². The number of anilines is 3. The van der Waals surface area contributed by atoms with E-state index in [1.165, 1.54) is 23.1 Å². The number of furan rings is 1. The Morgan fingerprint density at radius 2 is 1.89 bits per heavy atom. The average Bonchev–Trinajstić information content (AvgIpc) is 3.66. The van der Waals surface area contributed by atoms with Crippen molar-refractivity contribution in [2.75, 3.05) is 22.9 Å². The van der Waals surface area contributed by atoms with Gasteiger partial charge in [0.25, 0.3) is 16.8 Å². The number of benzene rings is 1. The lowest BCUT2D eigenvalue weighted by Gasteiger charge is -2.26. The molecule has 3 aromatic rings. The summed E-state index contributed by atoms with van der Waals surface area (Å²) in [6.45, 7) is 2.11. The molecule has 5 rings (SSSR count). The van der Waals surface area contributed by atoms with Crippen LogP contribution < -0.4 is 21.5 Å². The molecular formula is C26H27N3O7S. The van der Waals surface area contributed by atoms with Crippen LogP contribution in [0.5, 0.6) is 5.75 Å². The number of para-hydroxylation sites is 1. The van der Waals surface area contributed by atoms with Crippen LogP contribution in [0.2, 0.25) is 0 Å². The van der Waals surface area contributed by atoms with Gasteiger partial charge in [-0.2, -0.15) is 11.8 Å². The highest BCUT2D eigenvalue weighted by molar-refractivity contribution is 8.00. The molecule has 37 heavy (non-hydrogen) atoms. The van der Waals surface area contributed by atoms with E-state index in [0.29, 0.717) is 18.6 Å². The Hall–Kier alpha value is -3.73. The first-order valence-electron chi connectivity index (χ1n) is 12.2. The molecule has 3 atom stereocenters. The van der Waals surface area contributed by atoms with Gasteiger partial charge in [0.1, 0.15) is 28.9 Å². The summed E-state index contributed by atoms with van der Waals surface area (Å²) >= 11 is 1.77. The summed E-state index contributed by atoms with van der Waals surface area (Å²) in [5.41, 5.74) is -1.35. The highest BCUT2D eigenvalue weighted by Gasteiger charge is 2.36. The molecule has 11 heteroatoms. The van der Waals surface area contributed by atoms with Crippen molar-refractivity contribution in [3.8, 4) is 5.75 Å². The number of nitrogens with one attached hydrogen (secondary N) is 2. The maximum Gasteiger partial charge on any atom is 0.326 e. The number of carboxylic acid groups (broad SMARTS) is 1. The number of phenolic OH excluding ortho intramolecular Hbond substituents is 1. The van der Waals surface area contributed by atoms with Crippen molar-refractivity contribution in [1.82, 2.24) is 4.90 Å². The van der Waals surface area contributed by atoms with Gasteiger partial charge in [0.2, 0.25) is 0 Å². The number of hydrogen-bond donors (Lipinski definition) is 4. The predicted molar refractivity (Wildman–Crippen MR) is 140 cm³/mol. The summed E-state index contributed by atoms with van der Waals surface area (Å²) in [5, 5.41) is 26.5. The quantitative estimate of drug-likeness (QED) is 0.255. The largest absolute Gasteiger partial charge is 0.505 e. The van der Waals surface area contributed by atoms with E-state index in [0.717, 1.165) is 24.4 Å². The number of likely N-dealkylation sites (tertiary alicyclic amines) is 1. The van der Waals surface area contributed by atoms with Gasteiger partial charge < -0.3 is 30.2 Å². The minimum absolute atomic E-state index is 0.00856. The highest BCUT2D eigenvalue weighted by atomic mass is 32.2. The van der Waals surface area contributed by atoms with Crippen molar-refractivity contribution in [1.29, 1.82) is 0 Å². The molecule has 0 saturated carbocycles. The Bertz CT molecular complexity index is 1420. The van der Waals surface area contributed by atoms with Crippen molar-refractivity contribution in [3.63, 3.8) is 0 Å². The minimum Gasteiger partial charge on any atom is -0.505 e. The monoisotopic (exact) mass is 525 g/mol. The second-order valence-corrected chi connectivity index (χ2v) is 10.7. The molecule has 10 nitrogen and oxygen atoms in total. The first-order chi connectivity index (χ1) is 17.8. The zero-order valence-electron chi connectivity index (χ0n) is 20.2. The molecule has 4 N–H and O–H groups in total. The van der Waals surface area contributed by atoms with Crippen molar-refractivity contribution < 1.29 is 24.2 Å². The molecule has 194 valence electrons. The van der Waals surface area contributed by atoms with Gasteiger partial charge in [-0.15, -0.1) is 0 Å². The zero-order chi connectivity index (χ0) is 26.3. The number of phenols is 1. The predicted octanol–water partition coefficient (Wildman–Crippen LogP) is 3.37. The lowest BCUT2D eigenvalue weighted by atomic mass is 10.0. The number of carbonyl (C=O) groups excluding carboxylic acids is 1. The fourth-order valence-corrected chi connectivity index (χ4v) is 6.37. The molecule has 2 saturated heterocycles. The number of carboxylic acids is 1. The molecule has 1 aromatic heterocycles. The van der Waals surface area contributed by atoms with Crippen LogP contribution in [0, 0.1) is 6.92 Å². The first kappa shape index (κ1) is 24.9. The zero-order valence-corrected chi connectivity index (χ0v) is 21.0. The number of hydrogen-bond acceptors (Lipinski definition) is 9. The van der Waals surface area contributed by atoms with E-state index in [1.807, 2.05) is 19.1 Å². The third kappa shape index (κ3) is 4.59. The Morgan fingerprint density at radius 1 is 1.11 bits per heavy atom. The van der Waals surface area contributed by atoms with E-state index in [1.54, 1.807) is 11.8 Å². The number of aliphatic carboxylic acids is 1. The van der Waals surface area contributed by atoms with Crippen LogP contribution in [0.1, 0.15) is 53.6 Å². The number of thioether (sulfide) groups is 1. The fourth-order valence-electron chi connectivity index (χ4n) is 5.01. The van der Waals surface area contributed by atoms with Crippen LogP contribution in [-0.2, 0) is 4.79 Å². The number of aryl methyl sites for hydroxylation is 1. The molecule has 0 spiro atoms. The minimum atomic E-state index is -1.10. The Labute approximate surface area is 216 Å². The Morgan fingerprint density at radius 3 is 2.57 bits per heavy atom. The van der Waals surface area contributed by atoms with Crippen molar-refractivity contribution >= 4 is 40.7 Å². The first-order valence-corrected chi connectivity index (χ1v) is 13.2. The number of rotatable bonds is 8. The number of aromatic hydroxyl groups is 1. The van der Waals surface area contributed by atoms with Crippen molar-refractivity contribution in [2.24, 2.45) is 0 Å². The van der Waals surface area contributed by atoms with Crippen LogP contribution in [0.25, 0.3) is 0 Å². The maximum absolute atomic E-state index is 13.1. The highest BCUT2D eigenvalue weighted by Crippen LogP contribution is 2.40. The number of nitrogens with zero attached hydrogens (tertiary/aromatic N) is 1. The van der Waals surface area contributed by atoms with Gasteiger partial charge in [-0.1, -0.05) is 6.07 Å². The fraction of sp³-hybridized carbons (Fsp3) is 0.385. The van der Waals surface area contributed by atoms with E-state index in [9.17, 15) is 29.4 Å². The second-order valence-electron chi connectivity index (χ2n) is 9.35. The van der Waals surface area contributed by atoms with Crippen LogP contribution in [0.15, 0.2) is 44.3 Å². The van der Waals surface area contributed by atoms with Crippen LogP contribution in [0.3, 0.4) is 0 Å². The molecule has 2 aromatic carbocycles. The smallest absolute Gasteiger partial charge is 0.326 e. The van der Waals surface area contributed by atoms with Crippen LogP contribution in [0.4, 0.5) is 17.1 Å². The van der Waals surface area contributed by atoms with E-state index in [-0.39, 0.29) is 40.5 Å². The van der Waals surface area contributed by atoms with E-state index < -0.39 is 34.5 Å². The molecule has 1 amide bonds. The molecule has 2 aliphatic rings. The van der Waals surface area contributed by atoms with Gasteiger partial charge in [0, 0.05) is 11.8 Å². The normalized spacial score (nSPS) is 20.3. The molecule has 0 aliphatic carbocycles. The molecule has 3 heterocycles. The van der Waals surface area contributed by atoms with Gasteiger partial charge in [0.15, 0.2) is 5.75 Å². The van der Waals surface area contributed by atoms with Gasteiger partial charge in [-0.05, 0) is 62.6 Å². The maximum atomic E-state index is 13.1. The summed E-state index contributed by atoms with van der Waals surface area (Å²) < 4.78 is 5.84. The summed E-state index contributed by atoms with van der Waals surface area (Å²) in [4.78, 5) is 50.9. The summed E-state index contributed by atoms with van der Waals surface area (Å²) in [5.74, 6) is 0.273. The molecule has 2 aliphatic heterocycles. The standard InChI is InChI=1S/C26H27N3O7S/c1-13-9-10-17(36-13)19(18-8-4-12-37-18)28-21-20(23(31)24(21)32)27-15-6-2-5-14(22(15)30)25(33)29-11-3-7-16(29)26(34)35/h2,5-6,9-10,16,18-19,27-28,30H,3-4,7-8,11-12H2,1H3,(H,34,35)/t16?,18-,19?/m0/s1. The lowest BCUT2D eigenvalue weighted by Crippen LogP contribution is -2.40. The van der Waals surface area contributed by atoms with Crippen LogP contribution >= 0.6 is 11.8 Å². The number of carbonyl (C=O) groups is 2.